The first-order valence-corrected chi connectivity index (χ1v) is 25.6. The van der Waals surface area contributed by atoms with Crippen molar-refractivity contribution in [3.8, 4) is 75.1 Å². The molecule has 0 spiro atoms. The van der Waals surface area contributed by atoms with Gasteiger partial charge >= 0.3 is 0 Å². The van der Waals surface area contributed by atoms with Crippen LogP contribution in [-0.2, 0) is 0 Å². The van der Waals surface area contributed by atoms with Crippen molar-refractivity contribution in [2.45, 2.75) is 0 Å². The second kappa shape index (κ2) is 16.7. The first-order valence-electron chi connectivity index (χ1n) is 24.0. The number of fused-ring (bicyclic) bond motifs is 6. The predicted molar refractivity (Wildman–Crippen MR) is 305 cm³/mol. The van der Waals surface area contributed by atoms with Crippen LogP contribution in [0.3, 0.4) is 0 Å². The standard InChI is InChI=1S/C68H42S2/c1-2-16-45(17-3-1)61-36-38-63(69-61)64-39-37-62(70-64)46-28-30-47(31-29-46)65-53-20-8-10-22-55(53)67(56-23-11-9-21-54(56)65)52-34-35-59-60(42-52)68(51-33-27-44-15-5-7-19-49(44)41-51)58-25-13-12-24-57(58)66(59)50-32-26-43-14-4-6-18-48(43)40-50/h1-42H. The van der Waals surface area contributed by atoms with E-state index in [2.05, 4.69) is 255 Å². The predicted octanol–water partition coefficient (Wildman–Crippen LogP) is 20.4. The Hall–Kier alpha value is -8.40. The second-order valence-corrected chi connectivity index (χ2v) is 20.5. The van der Waals surface area contributed by atoms with Crippen molar-refractivity contribution in [2.24, 2.45) is 0 Å². The molecule has 326 valence electrons. The van der Waals surface area contributed by atoms with Crippen molar-refractivity contribution >= 4 is 87.3 Å². The summed E-state index contributed by atoms with van der Waals surface area (Å²) < 4.78 is 0. The minimum absolute atomic E-state index is 1.21. The van der Waals surface area contributed by atoms with Gasteiger partial charge in [0.15, 0.2) is 0 Å². The van der Waals surface area contributed by atoms with Crippen molar-refractivity contribution in [2.75, 3.05) is 0 Å². The van der Waals surface area contributed by atoms with Gasteiger partial charge in [-0.15, -0.1) is 22.7 Å². The summed E-state index contributed by atoms with van der Waals surface area (Å²) in [7, 11) is 0. The Labute approximate surface area is 414 Å². The number of hydrogen-bond acceptors (Lipinski definition) is 2. The van der Waals surface area contributed by atoms with Gasteiger partial charge in [0.2, 0.25) is 0 Å². The molecular formula is C68H42S2. The molecule has 0 bridgehead atoms. The van der Waals surface area contributed by atoms with Gasteiger partial charge in [-0.2, -0.15) is 0 Å². The lowest BCUT2D eigenvalue weighted by molar-refractivity contribution is 1.65. The molecular weight excluding hydrogens is 881 g/mol. The summed E-state index contributed by atoms with van der Waals surface area (Å²) in [4.78, 5) is 5.18. The van der Waals surface area contributed by atoms with Crippen molar-refractivity contribution in [1.29, 1.82) is 0 Å². The molecule has 0 aliphatic rings. The number of rotatable bonds is 7. The fourth-order valence-electron chi connectivity index (χ4n) is 11.1. The molecule has 0 amide bonds. The molecule has 0 N–H and O–H groups in total. The lowest BCUT2D eigenvalue weighted by atomic mass is 9.82. The fourth-order valence-corrected chi connectivity index (χ4v) is 13.2. The van der Waals surface area contributed by atoms with Crippen LogP contribution >= 0.6 is 22.7 Å². The molecule has 14 aromatic rings. The summed E-state index contributed by atoms with van der Waals surface area (Å²) in [6, 6.07) is 94.7. The highest BCUT2D eigenvalue weighted by atomic mass is 32.1. The largest absolute Gasteiger partial charge is 0.134 e. The Balaban J connectivity index is 0.941. The first-order chi connectivity index (χ1) is 34.7. The van der Waals surface area contributed by atoms with E-state index >= 15 is 0 Å². The van der Waals surface area contributed by atoms with E-state index in [9.17, 15) is 0 Å². The zero-order valence-electron chi connectivity index (χ0n) is 38.1. The second-order valence-electron chi connectivity index (χ2n) is 18.3. The maximum atomic E-state index is 2.49. The third-order valence-corrected chi connectivity index (χ3v) is 16.8. The number of thiophene rings is 2. The molecule has 0 saturated carbocycles. The summed E-state index contributed by atoms with van der Waals surface area (Å²) in [5.74, 6) is 0. The van der Waals surface area contributed by atoms with Crippen molar-refractivity contribution in [1.82, 2.24) is 0 Å². The van der Waals surface area contributed by atoms with E-state index < -0.39 is 0 Å². The van der Waals surface area contributed by atoms with Gasteiger partial charge in [0.05, 0.1) is 0 Å². The molecule has 0 nitrogen and oxygen atoms in total. The average molecular weight is 923 g/mol. The van der Waals surface area contributed by atoms with Crippen molar-refractivity contribution in [3.63, 3.8) is 0 Å². The Morgan fingerprint density at radius 3 is 0.971 bits per heavy atom. The van der Waals surface area contributed by atoms with Gasteiger partial charge in [0, 0.05) is 19.5 Å². The molecule has 0 aliphatic heterocycles. The van der Waals surface area contributed by atoms with Crippen LogP contribution < -0.4 is 0 Å². The molecule has 0 fully saturated rings. The summed E-state index contributed by atoms with van der Waals surface area (Å²) >= 11 is 3.72. The van der Waals surface area contributed by atoms with E-state index in [0.717, 1.165) is 0 Å². The highest BCUT2D eigenvalue weighted by molar-refractivity contribution is 7.25. The molecule has 2 heterocycles. The van der Waals surface area contributed by atoms with E-state index in [1.165, 1.54) is 140 Å². The minimum atomic E-state index is 1.21. The van der Waals surface area contributed by atoms with Gasteiger partial charge in [-0.3, -0.25) is 0 Å². The molecule has 0 radical (unpaired) electrons. The molecule has 2 heteroatoms. The summed E-state index contributed by atoms with van der Waals surface area (Å²) in [5.41, 5.74) is 12.4. The topological polar surface area (TPSA) is 0 Å². The zero-order chi connectivity index (χ0) is 46.1. The molecule has 0 aliphatic carbocycles. The Bertz CT molecular complexity index is 4280. The fraction of sp³-hybridized carbons (Fsp3) is 0. The molecule has 0 atom stereocenters. The van der Waals surface area contributed by atoms with E-state index in [0.29, 0.717) is 0 Å². The van der Waals surface area contributed by atoms with Crippen LogP contribution in [0.5, 0.6) is 0 Å². The van der Waals surface area contributed by atoms with E-state index in [1.807, 2.05) is 22.7 Å². The van der Waals surface area contributed by atoms with Crippen molar-refractivity contribution < 1.29 is 0 Å². The van der Waals surface area contributed by atoms with Crippen LogP contribution in [0.2, 0.25) is 0 Å². The Morgan fingerprint density at radius 2 is 0.486 bits per heavy atom. The van der Waals surface area contributed by atoms with Crippen LogP contribution in [0, 0.1) is 0 Å². The quantitative estimate of drug-likeness (QED) is 0.140. The van der Waals surface area contributed by atoms with Gasteiger partial charge < -0.3 is 0 Å². The van der Waals surface area contributed by atoms with Crippen LogP contribution in [0.15, 0.2) is 255 Å². The number of benzene rings is 12. The minimum Gasteiger partial charge on any atom is -0.134 e. The molecule has 0 saturated heterocycles. The molecule has 70 heavy (non-hydrogen) atoms. The van der Waals surface area contributed by atoms with Crippen LogP contribution in [0.4, 0.5) is 0 Å². The number of hydrogen-bond donors (Lipinski definition) is 0. The highest BCUT2D eigenvalue weighted by Gasteiger charge is 2.21. The van der Waals surface area contributed by atoms with Gasteiger partial charge in [-0.1, -0.05) is 212 Å². The Kier molecular flexibility index (Phi) is 9.69. The van der Waals surface area contributed by atoms with E-state index in [-0.39, 0.29) is 0 Å². The zero-order valence-corrected chi connectivity index (χ0v) is 39.7. The molecule has 0 unspecified atom stereocenters. The molecule has 14 rings (SSSR count). The third kappa shape index (κ3) is 6.79. The van der Waals surface area contributed by atoms with E-state index in [4.69, 9.17) is 0 Å². The van der Waals surface area contributed by atoms with Crippen LogP contribution in [0.25, 0.3) is 140 Å². The lowest BCUT2D eigenvalue weighted by Crippen LogP contribution is -1.94. The van der Waals surface area contributed by atoms with Gasteiger partial charge in [-0.25, -0.2) is 0 Å². The van der Waals surface area contributed by atoms with Gasteiger partial charge in [-0.05, 0) is 163 Å². The van der Waals surface area contributed by atoms with E-state index in [1.54, 1.807) is 0 Å². The highest BCUT2D eigenvalue weighted by Crippen LogP contribution is 2.49. The van der Waals surface area contributed by atoms with Gasteiger partial charge in [0.25, 0.3) is 0 Å². The molecule has 12 aromatic carbocycles. The van der Waals surface area contributed by atoms with Crippen molar-refractivity contribution in [3.05, 3.63) is 255 Å². The maximum absolute atomic E-state index is 2.49. The summed E-state index contributed by atoms with van der Waals surface area (Å²) in [6.07, 6.45) is 0. The first kappa shape index (κ1) is 40.6. The summed E-state index contributed by atoms with van der Waals surface area (Å²) in [6.45, 7) is 0. The van der Waals surface area contributed by atoms with Gasteiger partial charge in [0.1, 0.15) is 0 Å². The summed E-state index contributed by atoms with van der Waals surface area (Å²) in [5, 5.41) is 15.0. The lowest BCUT2D eigenvalue weighted by Gasteiger charge is -2.21. The average Bonchev–Trinajstić information content (AvgIpc) is 4.14. The Morgan fingerprint density at radius 1 is 0.171 bits per heavy atom. The van der Waals surface area contributed by atoms with Crippen LogP contribution in [-0.4, -0.2) is 0 Å². The molecule has 2 aromatic heterocycles. The normalized spacial score (nSPS) is 11.7. The third-order valence-electron chi connectivity index (χ3n) is 14.3. The monoisotopic (exact) mass is 922 g/mol. The van der Waals surface area contributed by atoms with Crippen LogP contribution in [0.1, 0.15) is 0 Å². The maximum Gasteiger partial charge on any atom is 0.0449 e. The smallest absolute Gasteiger partial charge is 0.0449 e. The SMILES string of the molecule is c1ccc(-c2ccc(-c3ccc(-c4ccc(-c5c6ccccc6c(-c6ccc7c(-c8ccc9ccccc9c8)c8ccccc8c(-c8ccc9ccccc9c8)c7c6)c6ccccc56)cc4)s3)s2)cc1.